The Morgan fingerprint density at radius 2 is 1.70 bits per heavy atom. The number of hydrogen-bond donors (Lipinski definition) is 2. The van der Waals surface area contributed by atoms with Crippen molar-refractivity contribution in [2.45, 2.75) is 83.4 Å². The van der Waals surface area contributed by atoms with E-state index in [9.17, 15) is 9.59 Å². The minimum Gasteiger partial charge on any atom is -0.481 e. The molecule has 1 aliphatic rings. The van der Waals surface area contributed by atoms with Crippen molar-refractivity contribution in [3.05, 3.63) is 0 Å². The highest BCUT2D eigenvalue weighted by Gasteiger charge is 2.44. The minimum atomic E-state index is -0.773. The molecule has 0 radical (unpaired) electrons. The van der Waals surface area contributed by atoms with E-state index < -0.39 is 5.97 Å². The van der Waals surface area contributed by atoms with E-state index in [1.165, 1.54) is 0 Å². The van der Waals surface area contributed by atoms with Crippen LogP contribution in [0.4, 0.5) is 4.79 Å². The van der Waals surface area contributed by atoms with Gasteiger partial charge in [0.2, 0.25) is 0 Å². The van der Waals surface area contributed by atoms with Crippen molar-refractivity contribution < 1.29 is 19.4 Å². The van der Waals surface area contributed by atoms with Gasteiger partial charge in [0.15, 0.2) is 0 Å². The molecule has 0 saturated carbocycles. The smallest absolute Gasteiger partial charge is 0.407 e. The van der Waals surface area contributed by atoms with Crippen molar-refractivity contribution in [2.24, 2.45) is 0 Å². The van der Waals surface area contributed by atoms with E-state index in [1.54, 1.807) is 0 Å². The Morgan fingerprint density at radius 3 is 2.22 bits per heavy atom. The number of amides is 1. The highest BCUT2D eigenvalue weighted by molar-refractivity contribution is 5.67. The molecule has 2 N–H and O–H groups in total. The second-order valence-electron chi connectivity index (χ2n) is 7.75. The summed E-state index contributed by atoms with van der Waals surface area (Å²) in [5, 5.41) is 11.3. The Labute approximate surface area is 139 Å². The third-order valence-corrected chi connectivity index (χ3v) is 4.88. The lowest BCUT2D eigenvalue weighted by molar-refractivity contribution is -0.137. The summed E-state index contributed by atoms with van der Waals surface area (Å²) in [6, 6.07) is 0. The van der Waals surface area contributed by atoms with Crippen molar-refractivity contribution in [3.8, 4) is 0 Å². The monoisotopic (exact) mass is 328 g/mol. The van der Waals surface area contributed by atoms with Crippen molar-refractivity contribution >= 4 is 12.1 Å². The van der Waals surface area contributed by atoms with Crippen LogP contribution in [0.15, 0.2) is 0 Å². The predicted molar refractivity (Wildman–Crippen MR) is 89.5 cm³/mol. The van der Waals surface area contributed by atoms with Crippen LogP contribution < -0.4 is 5.32 Å². The summed E-state index contributed by atoms with van der Waals surface area (Å²) in [4.78, 5) is 24.7. The molecule has 0 unspecified atom stereocenters. The summed E-state index contributed by atoms with van der Waals surface area (Å²) in [6.45, 7) is 9.21. The van der Waals surface area contributed by atoms with Gasteiger partial charge in [-0.15, -0.1) is 0 Å². The highest BCUT2D eigenvalue weighted by atomic mass is 16.6. The highest BCUT2D eigenvalue weighted by Crippen LogP contribution is 2.38. The van der Waals surface area contributed by atoms with Gasteiger partial charge in [0, 0.05) is 36.9 Å². The zero-order valence-corrected chi connectivity index (χ0v) is 15.1. The van der Waals surface area contributed by atoms with Gasteiger partial charge >= 0.3 is 12.1 Å². The average molecular weight is 328 g/mol. The molecule has 0 aromatic carbocycles. The SMILES string of the molecule is CN1C(C)(C)CC(OC(=O)NCCCCCC(=O)O)CC1(C)C. The van der Waals surface area contributed by atoms with Crippen LogP contribution in [-0.2, 0) is 9.53 Å². The van der Waals surface area contributed by atoms with E-state index in [0.29, 0.717) is 13.0 Å². The number of nitrogens with zero attached hydrogens (tertiary/aromatic N) is 1. The quantitative estimate of drug-likeness (QED) is 0.702. The number of carbonyl (C=O) groups is 2. The van der Waals surface area contributed by atoms with E-state index in [1.807, 2.05) is 0 Å². The third kappa shape index (κ3) is 6.37. The molecule has 0 atom stereocenters. The summed E-state index contributed by atoms with van der Waals surface area (Å²) < 4.78 is 5.58. The first-order valence-corrected chi connectivity index (χ1v) is 8.45. The molecular weight excluding hydrogens is 296 g/mol. The third-order valence-electron chi connectivity index (χ3n) is 4.88. The van der Waals surface area contributed by atoms with Gasteiger partial charge in [0.1, 0.15) is 6.10 Å². The first kappa shape index (κ1) is 19.7. The molecule has 6 heteroatoms. The maximum atomic E-state index is 11.9. The Hall–Kier alpha value is -1.30. The number of unbranched alkanes of at least 4 members (excludes halogenated alkanes) is 2. The Bertz CT molecular complexity index is 403. The molecule has 0 spiro atoms. The molecule has 134 valence electrons. The summed E-state index contributed by atoms with van der Waals surface area (Å²) in [5.74, 6) is -0.773. The topological polar surface area (TPSA) is 78.9 Å². The Balaban J connectivity index is 2.30. The number of nitrogens with one attached hydrogen (secondary N) is 1. The Morgan fingerprint density at radius 1 is 1.13 bits per heavy atom. The molecule has 1 heterocycles. The summed E-state index contributed by atoms with van der Waals surface area (Å²) in [6.07, 6.45) is 3.58. The number of aliphatic carboxylic acids is 1. The molecular formula is C17H32N2O4. The number of rotatable bonds is 7. The normalized spacial score (nSPS) is 20.9. The van der Waals surface area contributed by atoms with Gasteiger partial charge < -0.3 is 15.2 Å². The van der Waals surface area contributed by atoms with Gasteiger partial charge in [-0.1, -0.05) is 6.42 Å². The van der Waals surface area contributed by atoms with E-state index in [4.69, 9.17) is 9.84 Å². The number of carboxylic acid groups (broad SMARTS) is 1. The number of hydrogen-bond acceptors (Lipinski definition) is 4. The molecule has 1 amide bonds. The van der Waals surface area contributed by atoms with Gasteiger partial charge in [0.05, 0.1) is 0 Å². The number of carboxylic acids is 1. The largest absolute Gasteiger partial charge is 0.481 e. The molecule has 1 rings (SSSR count). The second kappa shape index (κ2) is 7.99. The average Bonchev–Trinajstić information content (AvgIpc) is 2.39. The zero-order valence-electron chi connectivity index (χ0n) is 15.1. The fourth-order valence-electron chi connectivity index (χ4n) is 3.32. The van der Waals surface area contributed by atoms with Crippen LogP contribution in [0.2, 0.25) is 0 Å². The molecule has 1 saturated heterocycles. The van der Waals surface area contributed by atoms with Crippen molar-refractivity contribution in [2.75, 3.05) is 13.6 Å². The van der Waals surface area contributed by atoms with Crippen molar-refractivity contribution in [3.63, 3.8) is 0 Å². The molecule has 1 fully saturated rings. The number of alkyl carbamates (subject to hydrolysis) is 1. The molecule has 0 aromatic rings. The lowest BCUT2D eigenvalue weighted by Crippen LogP contribution is -2.60. The second-order valence-corrected chi connectivity index (χ2v) is 7.75. The van der Waals surface area contributed by atoms with Crippen LogP contribution >= 0.6 is 0 Å². The van der Waals surface area contributed by atoms with E-state index >= 15 is 0 Å². The van der Waals surface area contributed by atoms with Crippen LogP contribution in [-0.4, -0.2) is 52.8 Å². The van der Waals surface area contributed by atoms with E-state index in [2.05, 4.69) is 45.0 Å². The molecule has 1 aliphatic heterocycles. The fourth-order valence-corrected chi connectivity index (χ4v) is 3.32. The molecule has 0 aliphatic carbocycles. The van der Waals surface area contributed by atoms with Gasteiger partial charge in [-0.05, 0) is 47.6 Å². The number of likely N-dealkylation sites (tertiary alicyclic amines) is 1. The van der Waals surface area contributed by atoms with E-state index in [0.717, 1.165) is 25.7 Å². The van der Waals surface area contributed by atoms with Gasteiger partial charge in [-0.2, -0.15) is 0 Å². The van der Waals surface area contributed by atoms with Crippen LogP contribution in [0, 0.1) is 0 Å². The van der Waals surface area contributed by atoms with Crippen molar-refractivity contribution in [1.29, 1.82) is 0 Å². The fraction of sp³-hybridized carbons (Fsp3) is 0.882. The van der Waals surface area contributed by atoms with Gasteiger partial charge in [-0.25, -0.2) is 4.79 Å². The van der Waals surface area contributed by atoms with Gasteiger partial charge in [-0.3, -0.25) is 9.69 Å². The maximum absolute atomic E-state index is 11.9. The molecule has 0 aromatic heterocycles. The predicted octanol–water partition coefficient (Wildman–Crippen LogP) is 3.01. The summed E-state index contributed by atoms with van der Waals surface area (Å²) >= 11 is 0. The summed E-state index contributed by atoms with van der Waals surface area (Å²) in [5.41, 5.74) is -0.0208. The summed E-state index contributed by atoms with van der Waals surface area (Å²) in [7, 11) is 2.12. The standard InChI is InChI=1S/C17H32N2O4/c1-16(2)11-13(12-17(3,4)19(16)5)23-15(22)18-10-8-6-7-9-14(20)21/h13H,6-12H2,1-5H3,(H,18,22)(H,20,21). The zero-order chi connectivity index (χ0) is 17.7. The number of piperidine rings is 1. The van der Waals surface area contributed by atoms with Crippen LogP contribution in [0.5, 0.6) is 0 Å². The Kier molecular flexibility index (Phi) is 6.86. The maximum Gasteiger partial charge on any atom is 0.407 e. The van der Waals surface area contributed by atoms with Crippen LogP contribution in [0.3, 0.4) is 0 Å². The number of carbonyl (C=O) groups excluding carboxylic acids is 1. The lowest BCUT2D eigenvalue weighted by atomic mass is 9.79. The van der Waals surface area contributed by atoms with Crippen LogP contribution in [0.25, 0.3) is 0 Å². The minimum absolute atomic E-state index is 0.0104. The molecule has 6 nitrogen and oxygen atoms in total. The first-order valence-electron chi connectivity index (χ1n) is 8.45. The van der Waals surface area contributed by atoms with Crippen LogP contribution in [0.1, 0.15) is 66.2 Å². The van der Waals surface area contributed by atoms with Gasteiger partial charge in [0.25, 0.3) is 0 Å². The number of ether oxygens (including phenoxy) is 1. The van der Waals surface area contributed by atoms with E-state index in [-0.39, 0.29) is 29.7 Å². The molecule has 0 bridgehead atoms. The lowest BCUT2D eigenvalue weighted by Gasteiger charge is -2.53. The first-order chi connectivity index (χ1) is 10.5. The van der Waals surface area contributed by atoms with Crippen molar-refractivity contribution in [1.82, 2.24) is 10.2 Å². The molecule has 23 heavy (non-hydrogen) atoms.